The molecule has 1 heteroatoms. The first-order valence-corrected chi connectivity index (χ1v) is 5.03. The quantitative estimate of drug-likeness (QED) is 0.449. The van der Waals surface area contributed by atoms with Gasteiger partial charge in [0.15, 0.2) is 0 Å². The topological polar surface area (TPSA) is 9.23 Å². The molecule has 0 spiro atoms. The molecule has 0 bridgehead atoms. The normalized spacial score (nSPS) is 13.1. The summed E-state index contributed by atoms with van der Waals surface area (Å²) < 4.78 is 5.59. The van der Waals surface area contributed by atoms with Crippen LogP contribution in [0, 0.1) is 0 Å². The number of allylic oxidation sites excluding steroid dienone is 9. The van der Waals surface area contributed by atoms with Crippen molar-refractivity contribution in [3.05, 3.63) is 85.9 Å². The van der Waals surface area contributed by atoms with Crippen molar-refractivity contribution in [2.45, 2.75) is 6.92 Å². The molecule has 0 atom stereocenters. The molecule has 0 fully saturated rings. The minimum absolute atomic E-state index is 0.680. The Hall–Kier alpha value is -2.02. The highest BCUT2D eigenvalue weighted by Gasteiger charge is 1.94. The first-order valence-electron chi connectivity index (χ1n) is 5.03. The molecular weight excluding hydrogens is 196 g/mol. The summed E-state index contributed by atoms with van der Waals surface area (Å²) in [6.45, 7) is 12.9. The predicted octanol–water partition coefficient (Wildman–Crippen LogP) is 4.46. The van der Waals surface area contributed by atoms with Crippen molar-refractivity contribution in [1.29, 1.82) is 0 Å². The van der Waals surface area contributed by atoms with E-state index >= 15 is 0 Å². The fraction of sp³-hybridized carbons (Fsp3) is 0.0667. The van der Waals surface area contributed by atoms with Crippen LogP contribution in [0.5, 0.6) is 0 Å². The molecule has 0 saturated carbocycles. The summed E-state index contributed by atoms with van der Waals surface area (Å²) >= 11 is 0. The Kier molecular flexibility index (Phi) is 8.33. The van der Waals surface area contributed by atoms with Crippen molar-refractivity contribution >= 4 is 0 Å². The van der Waals surface area contributed by atoms with Gasteiger partial charge in [-0.05, 0) is 31.2 Å². The van der Waals surface area contributed by atoms with Crippen molar-refractivity contribution in [3.63, 3.8) is 0 Å². The van der Waals surface area contributed by atoms with E-state index in [-0.39, 0.29) is 0 Å². The number of hydrogen-bond donors (Lipinski definition) is 0. The van der Waals surface area contributed by atoms with E-state index in [9.17, 15) is 0 Å². The zero-order valence-electron chi connectivity index (χ0n) is 9.73. The van der Waals surface area contributed by atoms with E-state index in [1.54, 1.807) is 30.4 Å². The Morgan fingerprint density at radius 2 is 1.69 bits per heavy atom. The fourth-order valence-electron chi connectivity index (χ4n) is 0.874. The fourth-order valence-corrected chi connectivity index (χ4v) is 0.874. The average molecular weight is 214 g/mol. The minimum atomic E-state index is 0.680. The number of hydrogen-bond acceptors (Lipinski definition) is 1. The molecule has 0 aromatic heterocycles. The summed E-state index contributed by atoms with van der Waals surface area (Å²) in [7, 11) is 0. The Bertz CT molecular complexity index is 352. The second-order valence-electron chi connectivity index (χ2n) is 2.80. The molecule has 0 amide bonds. The molecule has 0 aliphatic carbocycles. The van der Waals surface area contributed by atoms with Crippen LogP contribution in [-0.2, 0) is 4.74 Å². The Morgan fingerprint density at radius 3 is 2.19 bits per heavy atom. The Labute approximate surface area is 98.1 Å². The van der Waals surface area contributed by atoms with Crippen molar-refractivity contribution in [1.82, 2.24) is 0 Å². The molecule has 0 unspecified atom stereocenters. The van der Waals surface area contributed by atoms with E-state index in [1.165, 1.54) is 0 Å². The monoisotopic (exact) mass is 214 g/mol. The van der Waals surface area contributed by atoms with Gasteiger partial charge in [0.05, 0.1) is 0 Å². The third kappa shape index (κ3) is 6.44. The molecule has 0 aliphatic heterocycles. The molecule has 16 heavy (non-hydrogen) atoms. The highest BCUT2D eigenvalue weighted by atomic mass is 16.5. The van der Waals surface area contributed by atoms with Crippen molar-refractivity contribution in [2.75, 3.05) is 0 Å². The van der Waals surface area contributed by atoms with Gasteiger partial charge in [0.2, 0.25) is 0 Å². The van der Waals surface area contributed by atoms with Crippen LogP contribution in [-0.4, -0.2) is 0 Å². The first kappa shape index (κ1) is 14.0. The van der Waals surface area contributed by atoms with Crippen LogP contribution in [0.1, 0.15) is 6.92 Å². The smallest absolute Gasteiger partial charge is 0.127 e. The summed E-state index contributed by atoms with van der Waals surface area (Å²) in [6.07, 6.45) is 16.0. The SMILES string of the molecule is C=C/C=C\C(=C/C=C)O/C(C=C)=C/C=C\C. The van der Waals surface area contributed by atoms with E-state index in [0.29, 0.717) is 11.5 Å². The molecule has 0 rings (SSSR count). The largest absolute Gasteiger partial charge is 0.457 e. The van der Waals surface area contributed by atoms with Crippen LogP contribution in [0.4, 0.5) is 0 Å². The summed E-state index contributed by atoms with van der Waals surface area (Å²) in [6, 6.07) is 0. The minimum Gasteiger partial charge on any atom is -0.457 e. The zero-order valence-corrected chi connectivity index (χ0v) is 9.73. The van der Waals surface area contributed by atoms with Gasteiger partial charge in [-0.2, -0.15) is 0 Å². The second-order valence-corrected chi connectivity index (χ2v) is 2.80. The van der Waals surface area contributed by atoms with Gasteiger partial charge in [-0.25, -0.2) is 0 Å². The molecule has 1 nitrogen and oxygen atoms in total. The average Bonchev–Trinajstić information content (AvgIpc) is 2.31. The molecule has 0 radical (unpaired) electrons. The van der Waals surface area contributed by atoms with E-state index < -0.39 is 0 Å². The maximum atomic E-state index is 5.59. The number of ether oxygens (including phenoxy) is 1. The van der Waals surface area contributed by atoms with Gasteiger partial charge in [0.1, 0.15) is 11.5 Å². The highest BCUT2D eigenvalue weighted by Crippen LogP contribution is 2.09. The molecule has 0 saturated heterocycles. The van der Waals surface area contributed by atoms with E-state index in [1.807, 2.05) is 31.2 Å². The van der Waals surface area contributed by atoms with Gasteiger partial charge in [-0.15, -0.1) is 0 Å². The summed E-state index contributed by atoms with van der Waals surface area (Å²) in [4.78, 5) is 0. The highest BCUT2D eigenvalue weighted by molar-refractivity contribution is 5.25. The second kappa shape index (κ2) is 9.53. The van der Waals surface area contributed by atoms with Crippen LogP contribution in [0.15, 0.2) is 85.9 Å². The molecule has 0 N–H and O–H groups in total. The lowest BCUT2D eigenvalue weighted by atomic mass is 10.3. The van der Waals surface area contributed by atoms with E-state index in [4.69, 9.17) is 4.74 Å². The summed E-state index contributed by atoms with van der Waals surface area (Å²) in [5.74, 6) is 1.37. The standard InChI is InChI=1S/C15H18O/c1-5-9-12-14(8-4)16-15(11-7-3)13-10-6-2/h5-13H,2-4H2,1H3/b9-5-,13-10-,14-12+,15-11+. The molecule has 0 aromatic carbocycles. The summed E-state index contributed by atoms with van der Waals surface area (Å²) in [5.41, 5.74) is 0. The lowest BCUT2D eigenvalue weighted by Crippen LogP contribution is -1.87. The molecule has 0 heterocycles. The van der Waals surface area contributed by atoms with Crippen LogP contribution in [0.3, 0.4) is 0 Å². The van der Waals surface area contributed by atoms with Crippen LogP contribution in [0.2, 0.25) is 0 Å². The molecular formula is C15H18O. The third-order valence-electron chi connectivity index (χ3n) is 1.57. The molecule has 0 aromatic rings. The van der Waals surface area contributed by atoms with Crippen molar-refractivity contribution < 1.29 is 4.74 Å². The lowest BCUT2D eigenvalue weighted by molar-refractivity contribution is 0.336. The van der Waals surface area contributed by atoms with Crippen LogP contribution < -0.4 is 0 Å². The lowest BCUT2D eigenvalue weighted by Gasteiger charge is -2.05. The van der Waals surface area contributed by atoms with Gasteiger partial charge in [-0.1, -0.05) is 50.1 Å². The first-order chi connectivity index (χ1) is 7.78. The third-order valence-corrected chi connectivity index (χ3v) is 1.57. The maximum absolute atomic E-state index is 5.59. The number of rotatable bonds is 7. The Balaban J connectivity index is 4.78. The van der Waals surface area contributed by atoms with Gasteiger partial charge in [-0.3, -0.25) is 0 Å². The van der Waals surface area contributed by atoms with Gasteiger partial charge in [0.25, 0.3) is 0 Å². The molecule has 84 valence electrons. The van der Waals surface area contributed by atoms with Gasteiger partial charge >= 0.3 is 0 Å². The van der Waals surface area contributed by atoms with Crippen molar-refractivity contribution in [3.8, 4) is 0 Å². The maximum Gasteiger partial charge on any atom is 0.127 e. The molecule has 0 aliphatic rings. The van der Waals surface area contributed by atoms with Gasteiger partial charge in [0, 0.05) is 0 Å². The van der Waals surface area contributed by atoms with Crippen LogP contribution in [0.25, 0.3) is 0 Å². The van der Waals surface area contributed by atoms with E-state index in [0.717, 1.165) is 0 Å². The predicted molar refractivity (Wildman–Crippen MR) is 71.8 cm³/mol. The van der Waals surface area contributed by atoms with E-state index in [2.05, 4.69) is 19.7 Å². The Morgan fingerprint density at radius 1 is 0.938 bits per heavy atom. The van der Waals surface area contributed by atoms with Crippen LogP contribution >= 0.6 is 0 Å². The summed E-state index contributed by atoms with van der Waals surface area (Å²) in [5, 5.41) is 0. The van der Waals surface area contributed by atoms with Gasteiger partial charge < -0.3 is 4.74 Å². The van der Waals surface area contributed by atoms with Crippen molar-refractivity contribution in [2.24, 2.45) is 0 Å². The zero-order chi connectivity index (χ0) is 12.2.